The van der Waals surface area contributed by atoms with E-state index in [0.717, 1.165) is 0 Å². The van der Waals surface area contributed by atoms with E-state index in [-0.39, 0.29) is 12.5 Å². The maximum absolute atomic E-state index is 10.8. The largest absolute Gasteiger partial charge is 0.389 e. The van der Waals surface area contributed by atoms with Gasteiger partial charge in [-0.3, -0.25) is 9.69 Å². The quantitative estimate of drug-likeness (QED) is 0.378. The minimum atomic E-state index is -1.22. The van der Waals surface area contributed by atoms with Crippen LogP contribution in [-0.4, -0.2) is 64.2 Å². The summed E-state index contributed by atoms with van der Waals surface area (Å²) in [4.78, 5) is 12.4. The second-order valence-electron chi connectivity index (χ2n) is 3.63. The number of likely N-dealkylation sites (N-methyl/N-ethyl adjacent to an activating group) is 1. The van der Waals surface area contributed by atoms with Crippen LogP contribution < -0.4 is 5.32 Å². The van der Waals surface area contributed by atoms with Gasteiger partial charge in [0.1, 0.15) is 18.4 Å². The molecule has 0 unspecified atom stereocenters. The van der Waals surface area contributed by atoms with E-state index in [2.05, 4.69) is 5.32 Å². The van der Waals surface area contributed by atoms with E-state index >= 15 is 0 Å². The Balaban J connectivity index is 2.68. The van der Waals surface area contributed by atoms with Gasteiger partial charge in [0.2, 0.25) is 5.91 Å². The SMILES string of the molecule is CC(=O)N[C@H]1[C@@H](O)[C@@H](O)[C@H](O)CN1C. The average molecular weight is 204 g/mol. The number of hydrogen-bond acceptors (Lipinski definition) is 5. The monoisotopic (exact) mass is 204 g/mol. The molecule has 1 amide bonds. The zero-order valence-corrected chi connectivity index (χ0v) is 8.21. The highest BCUT2D eigenvalue weighted by Gasteiger charge is 2.40. The van der Waals surface area contributed by atoms with E-state index < -0.39 is 24.5 Å². The summed E-state index contributed by atoms with van der Waals surface area (Å²) in [7, 11) is 1.65. The molecule has 1 aliphatic heterocycles. The first kappa shape index (κ1) is 11.4. The minimum Gasteiger partial charge on any atom is -0.389 e. The van der Waals surface area contributed by atoms with E-state index in [1.165, 1.54) is 6.92 Å². The van der Waals surface area contributed by atoms with Gasteiger partial charge in [-0.2, -0.15) is 0 Å². The zero-order chi connectivity index (χ0) is 10.9. The third kappa shape index (κ3) is 2.21. The Morgan fingerprint density at radius 3 is 2.43 bits per heavy atom. The summed E-state index contributed by atoms with van der Waals surface area (Å²) in [6.45, 7) is 1.54. The number of carbonyl (C=O) groups is 1. The van der Waals surface area contributed by atoms with Gasteiger partial charge < -0.3 is 20.6 Å². The molecule has 1 saturated heterocycles. The first-order valence-electron chi connectivity index (χ1n) is 4.45. The molecule has 1 heterocycles. The van der Waals surface area contributed by atoms with Gasteiger partial charge in [-0.1, -0.05) is 0 Å². The second-order valence-corrected chi connectivity index (χ2v) is 3.63. The van der Waals surface area contributed by atoms with Crippen molar-refractivity contribution in [2.24, 2.45) is 0 Å². The van der Waals surface area contributed by atoms with Gasteiger partial charge in [0.25, 0.3) is 0 Å². The van der Waals surface area contributed by atoms with Crippen molar-refractivity contribution >= 4 is 5.91 Å². The highest BCUT2D eigenvalue weighted by Crippen LogP contribution is 2.15. The Kier molecular flexibility index (Phi) is 3.43. The topological polar surface area (TPSA) is 93.0 Å². The van der Waals surface area contributed by atoms with Gasteiger partial charge in [0.15, 0.2) is 0 Å². The molecule has 82 valence electrons. The van der Waals surface area contributed by atoms with Crippen molar-refractivity contribution in [3.05, 3.63) is 0 Å². The highest BCUT2D eigenvalue weighted by molar-refractivity contribution is 5.73. The molecule has 0 bridgehead atoms. The molecular weight excluding hydrogens is 188 g/mol. The molecule has 1 rings (SSSR count). The molecule has 6 nitrogen and oxygen atoms in total. The Hall–Kier alpha value is -0.690. The van der Waals surface area contributed by atoms with Crippen LogP contribution in [0, 0.1) is 0 Å². The molecule has 0 aromatic rings. The van der Waals surface area contributed by atoms with Crippen LogP contribution in [0.4, 0.5) is 0 Å². The molecule has 0 aromatic heterocycles. The number of aliphatic hydroxyl groups excluding tert-OH is 3. The molecular formula is C8H16N2O4. The predicted molar refractivity (Wildman–Crippen MR) is 48.3 cm³/mol. The summed E-state index contributed by atoms with van der Waals surface area (Å²) in [5, 5.41) is 30.7. The van der Waals surface area contributed by atoms with Gasteiger partial charge in [-0.05, 0) is 7.05 Å². The lowest BCUT2D eigenvalue weighted by Gasteiger charge is -2.41. The summed E-state index contributed by atoms with van der Waals surface area (Å²) in [6, 6.07) is 0. The Morgan fingerprint density at radius 2 is 1.93 bits per heavy atom. The van der Waals surface area contributed by atoms with Gasteiger partial charge >= 0.3 is 0 Å². The number of β-amino-alcohol motifs (C(OH)–C–C–N with tert-alkyl or cyclic N) is 1. The number of amides is 1. The maximum Gasteiger partial charge on any atom is 0.218 e. The van der Waals surface area contributed by atoms with Crippen LogP contribution in [0.3, 0.4) is 0 Å². The molecule has 1 fully saturated rings. The van der Waals surface area contributed by atoms with E-state index in [0.29, 0.717) is 0 Å². The molecule has 0 aromatic carbocycles. The lowest BCUT2D eigenvalue weighted by atomic mass is 9.99. The zero-order valence-electron chi connectivity index (χ0n) is 8.21. The maximum atomic E-state index is 10.8. The fraction of sp³-hybridized carbons (Fsp3) is 0.875. The van der Waals surface area contributed by atoms with Crippen molar-refractivity contribution in [3.8, 4) is 0 Å². The summed E-state index contributed by atoms with van der Waals surface area (Å²) in [5.74, 6) is -0.288. The summed E-state index contributed by atoms with van der Waals surface area (Å²) < 4.78 is 0. The number of rotatable bonds is 1. The molecule has 0 saturated carbocycles. The van der Waals surface area contributed by atoms with Crippen LogP contribution >= 0.6 is 0 Å². The molecule has 0 radical (unpaired) electrons. The second kappa shape index (κ2) is 4.22. The first-order chi connectivity index (χ1) is 6.43. The molecule has 6 heteroatoms. The Labute approximate surface area is 82.1 Å². The highest BCUT2D eigenvalue weighted by atomic mass is 16.4. The average Bonchev–Trinajstić information content (AvgIpc) is 2.09. The van der Waals surface area contributed by atoms with E-state index in [1.54, 1.807) is 11.9 Å². The first-order valence-corrected chi connectivity index (χ1v) is 4.45. The van der Waals surface area contributed by atoms with Crippen molar-refractivity contribution in [1.29, 1.82) is 0 Å². The summed E-state index contributed by atoms with van der Waals surface area (Å²) in [5.41, 5.74) is 0. The van der Waals surface area contributed by atoms with Crippen LogP contribution in [-0.2, 0) is 4.79 Å². The number of nitrogens with one attached hydrogen (secondary N) is 1. The number of nitrogens with zero attached hydrogens (tertiary/aromatic N) is 1. The molecule has 0 spiro atoms. The van der Waals surface area contributed by atoms with E-state index in [1.807, 2.05) is 0 Å². The smallest absolute Gasteiger partial charge is 0.218 e. The van der Waals surface area contributed by atoms with E-state index in [9.17, 15) is 20.1 Å². The Morgan fingerprint density at radius 1 is 1.36 bits per heavy atom. The van der Waals surface area contributed by atoms with Crippen molar-refractivity contribution < 1.29 is 20.1 Å². The van der Waals surface area contributed by atoms with Gasteiger partial charge in [-0.25, -0.2) is 0 Å². The standard InChI is InChI=1S/C8H16N2O4/c1-4(11)9-8-7(14)6(13)5(12)3-10(8)2/h5-8,12-14H,3H2,1-2H3,(H,9,11)/t5-,6+,7+,8-/m1/s1. The van der Waals surface area contributed by atoms with Gasteiger partial charge in [0.05, 0.1) is 6.10 Å². The van der Waals surface area contributed by atoms with Crippen LogP contribution in [0.25, 0.3) is 0 Å². The number of hydrogen-bond donors (Lipinski definition) is 4. The molecule has 14 heavy (non-hydrogen) atoms. The third-order valence-corrected chi connectivity index (χ3v) is 2.37. The lowest BCUT2D eigenvalue weighted by molar-refractivity contribution is -0.146. The number of carbonyl (C=O) groups excluding carboxylic acids is 1. The summed E-state index contributed by atoms with van der Waals surface area (Å²) >= 11 is 0. The van der Waals surface area contributed by atoms with Gasteiger partial charge in [0, 0.05) is 13.5 Å². The number of piperidine rings is 1. The van der Waals surface area contributed by atoms with Crippen LogP contribution in [0.1, 0.15) is 6.92 Å². The number of aliphatic hydroxyl groups is 3. The lowest BCUT2D eigenvalue weighted by Crippen LogP contribution is -2.65. The summed E-state index contributed by atoms with van der Waals surface area (Å²) in [6.07, 6.45) is -4.03. The third-order valence-electron chi connectivity index (χ3n) is 2.37. The van der Waals surface area contributed by atoms with E-state index in [4.69, 9.17) is 0 Å². The van der Waals surface area contributed by atoms with Crippen LogP contribution in [0.2, 0.25) is 0 Å². The van der Waals surface area contributed by atoms with Crippen LogP contribution in [0.15, 0.2) is 0 Å². The van der Waals surface area contributed by atoms with Crippen molar-refractivity contribution in [3.63, 3.8) is 0 Å². The molecule has 4 atom stereocenters. The number of likely N-dealkylation sites (tertiary alicyclic amines) is 1. The van der Waals surface area contributed by atoms with Crippen molar-refractivity contribution in [1.82, 2.24) is 10.2 Å². The fourth-order valence-electron chi connectivity index (χ4n) is 1.60. The fourth-order valence-corrected chi connectivity index (χ4v) is 1.60. The molecule has 1 aliphatic rings. The normalized spacial score (nSPS) is 39.5. The van der Waals surface area contributed by atoms with Crippen molar-refractivity contribution in [2.45, 2.75) is 31.4 Å². The Bertz CT molecular complexity index is 223. The van der Waals surface area contributed by atoms with Crippen LogP contribution in [0.5, 0.6) is 0 Å². The predicted octanol–water partition coefficient (Wildman–Crippen LogP) is -2.52. The molecule has 4 N–H and O–H groups in total. The van der Waals surface area contributed by atoms with Gasteiger partial charge in [-0.15, -0.1) is 0 Å². The molecule has 0 aliphatic carbocycles. The van der Waals surface area contributed by atoms with Crippen molar-refractivity contribution in [2.75, 3.05) is 13.6 Å². The minimum absolute atomic E-state index is 0.211.